The number of fused-ring (bicyclic) bond motifs is 1. The molecular formula is C25H40O4Si. The number of aldehydes is 1. The Morgan fingerprint density at radius 2 is 1.97 bits per heavy atom. The van der Waals surface area contributed by atoms with Crippen LogP contribution in [-0.2, 0) is 14.0 Å². The molecule has 0 amide bonds. The molecule has 0 bridgehead atoms. The molecule has 0 aromatic heterocycles. The van der Waals surface area contributed by atoms with Crippen molar-refractivity contribution < 1.29 is 19.1 Å². The molecule has 0 unspecified atom stereocenters. The molecule has 4 nitrogen and oxygen atoms in total. The van der Waals surface area contributed by atoms with E-state index in [9.17, 15) is 14.7 Å². The molecule has 0 saturated heterocycles. The van der Waals surface area contributed by atoms with E-state index in [4.69, 9.17) is 4.43 Å². The SMILES string of the molecule is CC(C)(C)[Si](C)(C)O[C@H]1CC[C@@H]2[C@]1(C)CC=C(C=O)[C@]2(O)CCC1=CC(=O)CCC1. The zero-order valence-corrected chi connectivity index (χ0v) is 20.7. The van der Waals surface area contributed by atoms with E-state index in [-0.39, 0.29) is 28.3 Å². The van der Waals surface area contributed by atoms with Crippen LogP contribution < -0.4 is 0 Å². The second kappa shape index (κ2) is 8.14. The number of allylic oxidation sites excluding steroid dienone is 3. The molecule has 0 aromatic carbocycles. The summed E-state index contributed by atoms with van der Waals surface area (Å²) in [5, 5.41) is 12.0. The Kier molecular flexibility index (Phi) is 6.41. The standard InChI is InChI=1S/C25H40O4Si/c1-23(2,3)30(5,6)29-22-11-10-21-24(22,4)14-13-19(17-26)25(21,28)15-12-18-8-7-9-20(27)16-18/h13,16-17,21-22,28H,7-12,14-15H2,1-6H3/t21-,22+,24+,25-/m1/s1. The Labute approximate surface area is 183 Å². The quantitative estimate of drug-likeness (QED) is 0.444. The number of carbonyl (C=O) groups is 2. The average Bonchev–Trinajstić information content (AvgIpc) is 2.97. The van der Waals surface area contributed by atoms with E-state index in [1.54, 1.807) is 6.08 Å². The van der Waals surface area contributed by atoms with Crippen molar-refractivity contribution >= 4 is 20.4 Å². The first-order chi connectivity index (χ1) is 13.8. The number of hydrogen-bond donors (Lipinski definition) is 1. The molecule has 1 N–H and O–H groups in total. The van der Waals surface area contributed by atoms with Gasteiger partial charge in [-0.2, -0.15) is 0 Å². The summed E-state index contributed by atoms with van der Waals surface area (Å²) < 4.78 is 6.86. The molecule has 0 heterocycles. The van der Waals surface area contributed by atoms with E-state index < -0.39 is 13.9 Å². The summed E-state index contributed by atoms with van der Waals surface area (Å²) in [6.07, 6.45) is 10.9. The van der Waals surface area contributed by atoms with Crippen LogP contribution in [0.15, 0.2) is 23.3 Å². The van der Waals surface area contributed by atoms with Gasteiger partial charge in [-0.25, -0.2) is 0 Å². The molecule has 3 aliphatic carbocycles. The van der Waals surface area contributed by atoms with Crippen molar-refractivity contribution in [1.29, 1.82) is 0 Å². The van der Waals surface area contributed by atoms with Crippen molar-refractivity contribution in [3.63, 3.8) is 0 Å². The van der Waals surface area contributed by atoms with Gasteiger partial charge in [0.05, 0.1) is 11.7 Å². The van der Waals surface area contributed by atoms with Crippen LogP contribution in [0.2, 0.25) is 18.1 Å². The highest BCUT2D eigenvalue weighted by Crippen LogP contribution is 2.59. The molecule has 0 aromatic rings. The van der Waals surface area contributed by atoms with Crippen molar-refractivity contribution in [2.75, 3.05) is 0 Å². The Bertz CT molecular complexity index is 760. The lowest BCUT2D eigenvalue weighted by Crippen LogP contribution is -2.54. The largest absolute Gasteiger partial charge is 0.413 e. The molecule has 0 aliphatic heterocycles. The van der Waals surface area contributed by atoms with Gasteiger partial charge in [-0.15, -0.1) is 0 Å². The van der Waals surface area contributed by atoms with Crippen LogP contribution >= 0.6 is 0 Å². The third kappa shape index (κ3) is 4.17. The molecule has 168 valence electrons. The smallest absolute Gasteiger partial charge is 0.192 e. The molecule has 1 fully saturated rings. The number of hydrogen-bond acceptors (Lipinski definition) is 4. The van der Waals surface area contributed by atoms with E-state index in [0.29, 0.717) is 24.8 Å². The number of ketones is 1. The van der Waals surface area contributed by atoms with Crippen LogP contribution in [0.3, 0.4) is 0 Å². The van der Waals surface area contributed by atoms with Crippen LogP contribution in [-0.4, -0.2) is 37.2 Å². The minimum atomic E-state index is -1.94. The van der Waals surface area contributed by atoms with E-state index in [1.807, 2.05) is 6.08 Å². The molecule has 30 heavy (non-hydrogen) atoms. The maximum absolute atomic E-state index is 11.9. The van der Waals surface area contributed by atoms with Crippen LogP contribution in [0, 0.1) is 11.3 Å². The minimum Gasteiger partial charge on any atom is -0.413 e. The maximum Gasteiger partial charge on any atom is 0.192 e. The van der Waals surface area contributed by atoms with E-state index >= 15 is 0 Å². The monoisotopic (exact) mass is 432 g/mol. The van der Waals surface area contributed by atoms with Gasteiger partial charge in [-0.1, -0.05) is 39.3 Å². The lowest BCUT2D eigenvalue weighted by molar-refractivity contribution is -0.115. The highest BCUT2D eigenvalue weighted by Gasteiger charge is 2.59. The first kappa shape index (κ1) is 23.6. The predicted molar refractivity (Wildman–Crippen MR) is 123 cm³/mol. The number of carbonyl (C=O) groups excluding carboxylic acids is 2. The van der Waals surface area contributed by atoms with Gasteiger partial charge in [0.25, 0.3) is 0 Å². The fraction of sp³-hybridized carbons (Fsp3) is 0.760. The van der Waals surface area contributed by atoms with E-state index in [1.165, 1.54) is 0 Å². The molecule has 4 atom stereocenters. The van der Waals surface area contributed by atoms with Gasteiger partial charge in [-0.3, -0.25) is 9.59 Å². The predicted octanol–water partition coefficient (Wildman–Crippen LogP) is 5.51. The van der Waals surface area contributed by atoms with Crippen molar-refractivity contribution in [2.24, 2.45) is 11.3 Å². The topological polar surface area (TPSA) is 63.6 Å². The summed E-state index contributed by atoms with van der Waals surface area (Å²) >= 11 is 0. The molecule has 0 spiro atoms. The van der Waals surface area contributed by atoms with Gasteiger partial charge >= 0.3 is 0 Å². The fourth-order valence-electron chi connectivity index (χ4n) is 5.57. The van der Waals surface area contributed by atoms with Crippen LogP contribution in [0.25, 0.3) is 0 Å². The number of aliphatic hydroxyl groups is 1. The second-order valence-corrected chi connectivity index (χ2v) is 16.3. The normalized spacial score (nSPS) is 35.0. The summed E-state index contributed by atoms with van der Waals surface area (Å²) in [5.74, 6) is 0.191. The third-order valence-electron chi connectivity index (χ3n) is 8.57. The van der Waals surface area contributed by atoms with Crippen LogP contribution in [0.5, 0.6) is 0 Å². The Hall–Kier alpha value is -1.04. The van der Waals surface area contributed by atoms with Gasteiger partial charge < -0.3 is 9.53 Å². The summed E-state index contributed by atoms with van der Waals surface area (Å²) in [6, 6.07) is 0. The van der Waals surface area contributed by atoms with Gasteiger partial charge in [0.2, 0.25) is 0 Å². The summed E-state index contributed by atoms with van der Waals surface area (Å²) in [5.41, 5.74) is 0.333. The van der Waals surface area contributed by atoms with E-state index in [0.717, 1.165) is 44.0 Å². The first-order valence-corrected chi connectivity index (χ1v) is 14.5. The van der Waals surface area contributed by atoms with Crippen molar-refractivity contribution in [2.45, 2.75) is 109 Å². The Morgan fingerprint density at radius 3 is 2.57 bits per heavy atom. The highest BCUT2D eigenvalue weighted by atomic mass is 28.4. The van der Waals surface area contributed by atoms with E-state index in [2.05, 4.69) is 40.8 Å². The third-order valence-corrected chi connectivity index (χ3v) is 13.1. The van der Waals surface area contributed by atoms with Crippen LogP contribution in [0.4, 0.5) is 0 Å². The minimum absolute atomic E-state index is 0.00450. The van der Waals surface area contributed by atoms with Crippen molar-refractivity contribution in [3.8, 4) is 0 Å². The van der Waals surface area contributed by atoms with Crippen LogP contribution in [0.1, 0.15) is 79.1 Å². The lowest BCUT2D eigenvalue weighted by atomic mass is 9.60. The summed E-state index contributed by atoms with van der Waals surface area (Å²) in [4.78, 5) is 23.7. The molecule has 0 radical (unpaired) electrons. The molecule has 5 heteroatoms. The zero-order valence-electron chi connectivity index (χ0n) is 19.7. The molecule has 1 saturated carbocycles. The molecular weight excluding hydrogens is 392 g/mol. The fourth-order valence-corrected chi connectivity index (χ4v) is 7.02. The number of rotatable bonds is 6. The van der Waals surface area contributed by atoms with Gasteiger partial charge in [0, 0.05) is 23.3 Å². The Balaban J connectivity index is 1.85. The van der Waals surface area contributed by atoms with Gasteiger partial charge in [0.1, 0.15) is 6.29 Å². The van der Waals surface area contributed by atoms with Crippen molar-refractivity contribution in [1.82, 2.24) is 0 Å². The zero-order chi connectivity index (χ0) is 22.4. The average molecular weight is 433 g/mol. The lowest BCUT2D eigenvalue weighted by Gasteiger charge is -2.50. The highest BCUT2D eigenvalue weighted by molar-refractivity contribution is 6.74. The molecule has 3 aliphatic rings. The van der Waals surface area contributed by atoms with Gasteiger partial charge in [-0.05, 0) is 69.2 Å². The van der Waals surface area contributed by atoms with Gasteiger partial charge in [0.15, 0.2) is 14.1 Å². The summed E-state index contributed by atoms with van der Waals surface area (Å²) in [6.45, 7) is 13.6. The Morgan fingerprint density at radius 1 is 1.27 bits per heavy atom. The summed E-state index contributed by atoms with van der Waals surface area (Å²) in [7, 11) is -1.94. The maximum atomic E-state index is 11.9. The molecule has 3 rings (SSSR count). The second-order valence-electron chi connectivity index (χ2n) is 11.5. The first-order valence-electron chi connectivity index (χ1n) is 11.6. The van der Waals surface area contributed by atoms with Crippen molar-refractivity contribution in [3.05, 3.63) is 23.3 Å².